The monoisotopic (exact) mass is 439 g/mol. The van der Waals surface area contributed by atoms with Crippen LogP contribution in [0.1, 0.15) is 21.5 Å². The molecule has 1 amide bonds. The lowest BCUT2D eigenvalue weighted by Crippen LogP contribution is -2.22. The quantitative estimate of drug-likeness (QED) is 0.460. The van der Waals surface area contributed by atoms with Crippen LogP contribution in [0.4, 0.5) is 0 Å². The first-order valence-corrected chi connectivity index (χ1v) is 10.5. The van der Waals surface area contributed by atoms with Gasteiger partial charge in [0.1, 0.15) is 5.75 Å². The summed E-state index contributed by atoms with van der Waals surface area (Å²) in [4.78, 5) is 21.3. The second kappa shape index (κ2) is 9.00. The van der Waals surface area contributed by atoms with Gasteiger partial charge in [-0.3, -0.25) is 4.79 Å². The molecule has 3 aromatic carbocycles. The molecule has 164 valence electrons. The third-order valence-corrected chi connectivity index (χ3v) is 5.17. The number of benzene rings is 3. The van der Waals surface area contributed by atoms with E-state index in [0.717, 1.165) is 16.9 Å². The van der Waals surface area contributed by atoms with E-state index in [1.807, 2.05) is 49.4 Å². The Labute approximate surface area is 191 Å². The van der Waals surface area contributed by atoms with Crippen molar-refractivity contribution in [1.82, 2.24) is 15.3 Å². The van der Waals surface area contributed by atoms with Crippen LogP contribution in [0.2, 0.25) is 0 Å². The van der Waals surface area contributed by atoms with Gasteiger partial charge in [-0.15, -0.1) is 0 Å². The Morgan fingerprint density at radius 3 is 2.58 bits per heavy atom. The summed E-state index contributed by atoms with van der Waals surface area (Å²) in [5.74, 6) is 2.83. The Morgan fingerprint density at radius 1 is 0.970 bits per heavy atom. The minimum Gasteiger partial charge on any atom is -0.454 e. The van der Waals surface area contributed by atoms with Gasteiger partial charge in [0, 0.05) is 29.9 Å². The van der Waals surface area contributed by atoms with Crippen molar-refractivity contribution >= 4 is 5.91 Å². The average Bonchev–Trinajstić information content (AvgIpc) is 3.32. The van der Waals surface area contributed by atoms with Crippen LogP contribution in [0.25, 0.3) is 11.4 Å². The predicted molar refractivity (Wildman–Crippen MR) is 122 cm³/mol. The first kappa shape index (κ1) is 20.5. The number of aromatic nitrogens is 2. The summed E-state index contributed by atoms with van der Waals surface area (Å²) in [5.41, 5.74) is 3.55. The first-order valence-electron chi connectivity index (χ1n) is 10.5. The van der Waals surface area contributed by atoms with Crippen LogP contribution in [-0.4, -0.2) is 22.7 Å². The van der Waals surface area contributed by atoms with Crippen LogP contribution in [-0.2, 0) is 6.54 Å². The van der Waals surface area contributed by atoms with E-state index in [4.69, 9.17) is 14.2 Å². The molecule has 4 aromatic rings. The molecule has 7 heteroatoms. The number of carbonyl (C=O) groups is 1. The zero-order valence-corrected chi connectivity index (χ0v) is 17.9. The molecular weight excluding hydrogens is 418 g/mol. The van der Waals surface area contributed by atoms with Crippen molar-refractivity contribution in [2.45, 2.75) is 13.5 Å². The van der Waals surface area contributed by atoms with Crippen molar-refractivity contribution in [3.05, 3.63) is 95.7 Å². The molecular formula is C26H21N3O4. The van der Waals surface area contributed by atoms with Crippen LogP contribution in [0.15, 0.2) is 79.0 Å². The fourth-order valence-electron chi connectivity index (χ4n) is 3.37. The van der Waals surface area contributed by atoms with Crippen molar-refractivity contribution in [1.29, 1.82) is 0 Å². The standard InChI is InChI=1S/C26H21N3O4/c1-17-2-5-19(6-3-17)25-27-13-12-24(29-25)33-21-9-7-20(8-10-21)26(30)28-15-18-4-11-22-23(14-18)32-16-31-22/h2-14H,15-16H2,1H3,(H,28,30). The second-order valence-corrected chi connectivity index (χ2v) is 7.58. The van der Waals surface area contributed by atoms with Gasteiger partial charge < -0.3 is 19.5 Å². The second-order valence-electron chi connectivity index (χ2n) is 7.58. The number of rotatable bonds is 6. The number of hydrogen-bond acceptors (Lipinski definition) is 6. The molecule has 1 aliphatic heterocycles. The highest BCUT2D eigenvalue weighted by Crippen LogP contribution is 2.32. The van der Waals surface area contributed by atoms with Gasteiger partial charge in [-0.2, -0.15) is 4.98 Å². The number of nitrogens with one attached hydrogen (secondary N) is 1. The van der Waals surface area contributed by atoms with Gasteiger partial charge in [-0.1, -0.05) is 35.9 Å². The van der Waals surface area contributed by atoms with E-state index in [9.17, 15) is 4.79 Å². The summed E-state index contributed by atoms with van der Waals surface area (Å²) in [7, 11) is 0. The number of ether oxygens (including phenoxy) is 3. The molecule has 7 nitrogen and oxygen atoms in total. The van der Waals surface area contributed by atoms with E-state index >= 15 is 0 Å². The van der Waals surface area contributed by atoms with Crippen molar-refractivity contribution in [2.24, 2.45) is 0 Å². The van der Waals surface area contributed by atoms with Gasteiger partial charge in [0.25, 0.3) is 5.91 Å². The number of fused-ring (bicyclic) bond motifs is 1. The lowest BCUT2D eigenvalue weighted by molar-refractivity contribution is 0.0951. The molecule has 5 rings (SSSR count). The molecule has 0 bridgehead atoms. The number of aryl methyl sites for hydroxylation is 1. The highest BCUT2D eigenvalue weighted by molar-refractivity contribution is 5.94. The summed E-state index contributed by atoms with van der Waals surface area (Å²) in [5, 5.41) is 2.91. The predicted octanol–water partition coefficient (Wildman–Crippen LogP) is 4.90. The fraction of sp³-hybridized carbons (Fsp3) is 0.115. The normalized spacial score (nSPS) is 11.8. The molecule has 0 spiro atoms. The number of carbonyl (C=O) groups excluding carboxylic acids is 1. The van der Waals surface area contributed by atoms with Gasteiger partial charge in [0.2, 0.25) is 12.7 Å². The van der Waals surface area contributed by atoms with Gasteiger partial charge in [0.05, 0.1) is 0 Å². The fourth-order valence-corrected chi connectivity index (χ4v) is 3.37. The lowest BCUT2D eigenvalue weighted by atomic mass is 10.1. The third-order valence-electron chi connectivity index (χ3n) is 5.17. The Morgan fingerprint density at radius 2 is 1.76 bits per heavy atom. The molecule has 0 radical (unpaired) electrons. The van der Waals surface area contributed by atoms with Crippen molar-refractivity contribution in [3.63, 3.8) is 0 Å². The maximum absolute atomic E-state index is 12.5. The summed E-state index contributed by atoms with van der Waals surface area (Å²) in [6.45, 7) is 2.64. The minimum atomic E-state index is -0.178. The van der Waals surface area contributed by atoms with Gasteiger partial charge in [0.15, 0.2) is 17.3 Å². The van der Waals surface area contributed by atoms with Crippen molar-refractivity contribution in [2.75, 3.05) is 6.79 Å². The molecule has 2 heterocycles. The van der Waals surface area contributed by atoms with E-state index in [2.05, 4.69) is 15.3 Å². The molecule has 1 N–H and O–H groups in total. The van der Waals surface area contributed by atoms with Crippen LogP contribution >= 0.6 is 0 Å². The molecule has 0 saturated heterocycles. The topological polar surface area (TPSA) is 82.6 Å². The highest BCUT2D eigenvalue weighted by atomic mass is 16.7. The maximum atomic E-state index is 12.5. The Kier molecular flexibility index (Phi) is 5.59. The summed E-state index contributed by atoms with van der Waals surface area (Å²) >= 11 is 0. The molecule has 33 heavy (non-hydrogen) atoms. The van der Waals surface area contributed by atoms with Gasteiger partial charge >= 0.3 is 0 Å². The maximum Gasteiger partial charge on any atom is 0.251 e. The number of amides is 1. The van der Waals surface area contributed by atoms with E-state index < -0.39 is 0 Å². The zero-order chi connectivity index (χ0) is 22.6. The highest BCUT2D eigenvalue weighted by Gasteiger charge is 2.14. The van der Waals surface area contributed by atoms with Crippen LogP contribution in [0.5, 0.6) is 23.1 Å². The molecule has 0 saturated carbocycles. The average molecular weight is 439 g/mol. The zero-order valence-electron chi connectivity index (χ0n) is 17.9. The van der Waals surface area contributed by atoms with Crippen LogP contribution in [0, 0.1) is 6.92 Å². The number of nitrogens with zero attached hydrogens (tertiary/aromatic N) is 2. The molecule has 0 aliphatic carbocycles. The Hall–Kier alpha value is -4.39. The van der Waals surface area contributed by atoms with Crippen LogP contribution in [0.3, 0.4) is 0 Å². The smallest absolute Gasteiger partial charge is 0.251 e. The first-order chi connectivity index (χ1) is 16.1. The van der Waals surface area contributed by atoms with Crippen LogP contribution < -0.4 is 19.5 Å². The Balaban J connectivity index is 1.21. The van der Waals surface area contributed by atoms with E-state index in [0.29, 0.717) is 35.3 Å². The van der Waals surface area contributed by atoms with Gasteiger partial charge in [-0.05, 0) is 48.9 Å². The van der Waals surface area contributed by atoms with E-state index in [-0.39, 0.29) is 12.7 Å². The van der Waals surface area contributed by atoms with Crippen molar-refractivity contribution in [3.8, 4) is 34.5 Å². The molecule has 0 unspecified atom stereocenters. The Bertz CT molecular complexity index is 1290. The third kappa shape index (κ3) is 4.77. The largest absolute Gasteiger partial charge is 0.454 e. The molecule has 0 fully saturated rings. The summed E-state index contributed by atoms with van der Waals surface area (Å²) in [6.07, 6.45) is 1.66. The SMILES string of the molecule is Cc1ccc(-c2nccc(Oc3ccc(C(=O)NCc4ccc5c(c4)OCO5)cc3)n2)cc1. The lowest BCUT2D eigenvalue weighted by Gasteiger charge is -2.09. The molecule has 1 aromatic heterocycles. The van der Waals surface area contributed by atoms with E-state index in [1.54, 1.807) is 36.5 Å². The van der Waals surface area contributed by atoms with Gasteiger partial charge in [-0.25, -0.2) is 4.98 Å². The molecule has 0 atom stereocenters. The van der Waals surface area contributed by atoms with E-state index in [1.165, 1.54) is 5.56 Å². The summed E-state index contributed by atoms with van der Waals surface area (Å²) < 4.78 is 16.5. The minimum absolute atomic E-state index is 0.178. The summed E-state index contributed by atoms with van der Waals surface area (Å²) in [6, 6.07) is 22.2. The number of hydrogen-bond donors (Lipinski definition) is 1. The molecule has 1 aliphatic rings. The van der Waals surface area contributed by atoms with Crippen molar-refractivity contribution < 1.29 is 19.0 Å².